The van der Waals surface area contributed by atoms with Crippen molar-refractivity contribution in [3.05, 3.63) is 76.1 Å². The van der Waals surface area contributed by atoms with Gasteiger partial charge in [0.1, 0.15) is 28.6 Å². The molecule has 0 saturated heterocycles. The summed E-state index contributed by atoms with van der Waals surface area (Å²) in [7, 11) is 1.54. The molecule has 1 aliphatic rings. The summed E-state index contributed by atoms with van der Waals surface area (Å²) in [4.78, 5) is 38.8. The van der Waals surface area contributed by atoms with Gasteiger partial charge in [-0.2, -0.15) is 5.10 Å². The molecule has 0 aliphatic carbocycles. The number of phenolic OH excluding ortho intramolecular Hbond substituents is 2. The van der Waals surface area contributed by atoms with Crippen LogP contribution in [-0.2, 0) is 20.9 Å². The zero-order valence-electron chi connectivity index (χ0n) is 24.8. The van der Waals surface area contributed by atoms with Crippen LogP contribution < -0.4 is 10.1 Å². The van der Waals surface area contributed by atoms with Crippen LogP contribution in [0, 0.1) is 6.92 Å². The lowest BCUT2D eigenvalue weighted by atomic mass is 9.84. The number of esters is 1. The van der Waals surface area contributed by atoms with Gasteiger partial charge in [-0.25, -0.2) is 4.79 Å². The number of hydrogen-bond donors (Lipinski definition) is 4. The molecule has 4 N–H and O–H groups in total. The molecule has 1 aliphatic heterocycles. The monoisotopic (exact) mass is 589 g/mol. The Morgan fingerprint density at radius 1 is 1.19 bits per heavy atom. The number of nitrogens with one attached hydrogen (secondary N) is 2. The third-order valence-electron chi connectivity index (χ3n) is 7.72. The lowest BCUT2D eigenvalue weighted by molar-refractivity contribution is -0.121. The number of ketones is 1. The maximum absolute atomic E-state index is 13.5. The average molecular weight is 590 g/mol. The Morgan fingerprint density at radius 2 is 1.93 bits per heavy atom. The number of nitrogens with zero attached hydrogens (tertiary/aromatic N) is 1. The molecule has 1 amide bonds. The molecular weight excluding hydrogens is 550 g/mol. The topological polar surface area (TPSA) is 151 Å². The number of Topliss-reactive ketones (excluding diaryl/α,β-unsaturated/α-hetero) is 1. The molecule has 2 atom stereocenters. The molecule has 4 rings (SSSR count). The number of hydrogen-bond acceptors (Lipinski definition) is 8. The van der Waals surface area contributed by atoms with Crippen molar-refractivity contribution in [1.29, 1.82) is 0 Å². The number of amides is 1. The molecular formula is C33H39N3O7. The Hall–Kier alpha value is -4.60. The van der Waals surface area contributed by atoms with Gasteiger partial charge in [0.2, 0.25) is 5.91 Å². The third-order valence-corrected chi connectivity index (χ3v) is 7.72. The second kappa shape index (κ2) is 14.5. The minimum absolute atomic E-state index is 0.0447. The van der Waals surface area contributed by atoms with Crippen LogP contribution in [0.5, 0.6) is 17.2 Å². The Balaban J connectivity index is 1.75. The lowest BCUT2D eigenvalue weighted by Gasteiger charge is -2.23. The fourth-order valence-corrected chi connectivity index (χ4v) is 5.25. The summed E-state index contributed by atoms with van der Waals surface area (Å²) in [6.45, 7) is 3.85. The van der Waals surface area contributed by atoms with E-state index in [0.717, 1.165) is 11.3 Å². The van der Waals surface area contributed by atoms with Crippen LogP contribution in [-0.4, -0.2) is 51.3 Å². The molecule has 0 spiro atoms. The van der Waals surface area contributed by atoms with Crippen LogP contribution >= 0.6 is 0 Å². The fraction of sp³-hybridized carbons (Fsp3) is 0.394. The number of phenols is 2. The number of aryl methyl sites for hydroxylation is 1. The van der Waals surface area contributed by atoms with Gasteiger partial charge in [0.15, 0.2) is 0 Å². The summed E-state index contributed by atoms with van der Waals surface area (Å²) in [5.41, 5.74) is 2.54. The molecule has 1 aromatic heterocycles. The highest BCUT2D eigenvalue weighted by molar-refractivity contribution is 5.98. The van der Waals surface area contributed by atoms with E-state index in [1.54, 1.807) is 56.6 Å². The summed E-state index contributed by atoms with van der Waals surface area (Å²) in [6, 6.07) is 8.37. The predicted molar refractivity (Wildman–Crippen MR) is 161 cm³/mol. The highest BCUT2D eigenvalue weighted by Crippen LogP contribution is 2.44. The first-order chi connectivity index (χ1) is 20.7. The molecule has 2 unspecified atom stereocenters. The summed E-state index contributed by atoms with van der Waals surface area (Å²) < 4.78 is 11.0. The van der Waals surface area contributed by atoms with E-state index >= 15 is 0 Å². The number of methoxy groups -OCH3 is 1. The van der Waals surface area contributed by atoms with Gasteiger partial charge in [-0.15, -0.1) is 0 Å². The van der Waals surface area contributed by atoms with Gasteiger partial charge < -0.3 is 25.0 Å². The van der Waals surface area contributed by atoms with Gasteiger partial charge in [-0.05, 0) is 68.9 Å². The van der Waals surface area contributed by atoms with E-state index in [0.29, 0.717) is 49.8 Å². The van der Waals surface area contributed by atoms with Crippen LogP contribution in [0.15, 0.2) is 42.6 Å². The van der Waals surface area contributed by atoms with Crippen LogP contribution in [0.3, 0.4) is 0 Å². The number of carbonyl (C=O) groups is 3. The van der Waals surface area contributed by atoms with Crippen molar-refractivity contribution in [1.82, 2.24) is 15.5 Å². The zero-order valence-corrected chi connectivity index (χ0v) is 24.8. The Kier molecular flexibility index (Phi) is 10.6. The van der Waals surface area contributed by atoms with E-state index in [9.17, 15) is 24.6 Å². The molecule has 0 bridgehead atoms. The second-order valence-electron chi connectivity index (χ2n) is 10.9. The normalized spacial score (nSPS) is 17.0. The van der Waals surface area contributed by atoms with Crippen molar-refractivity contribution in [3.8, 4) is 17.2 Å². The van der Waals surface area contributed by atoms with Crippen molar-refractivity contribution in [2.75, 3.05) is 7.11 Å². The molecule has 228 valence electrons. The van der Waals surface area contributed by atoms with Gasteiger partial charge in [-0.3, -0.25) is 14.7 Å². The molecule has 10 nitrogen and oxygen atoms in total. The second-order valence-corrected chi connectivity index (χ2v) is 10.9. The van der Waals surface area contributed by atoms with Crippen molar-refractivity contribution in [2.24, 2.45) is 0 Å². The Morgan fingerprint density at radius 3 is 2.63 bits per heavy atom. The summed E-state index contributed by atoms with van der Waals surface area (Å²) >= 11 is 0. The highest BCUT2D eigenvalue weighted by atomic mass is 16.5. The first kappa shape index (κ1) is 31.3. The van der Waals surface area contributed by atoms with E-state index in [-0.39, 0.29) is 47.1 Å². The molecule has 0 fully saturated rings. The first-order valence-electron chi connectivity index (χ1n) is 14.6. The van der Waals surface area contributed by atoms with E-state index in [2.05, 4.69) is 15.5 Å². The zero-order chi connectivity index (χ0) is 30.9. The van der Waals surface area contributed by atoms with Gasteiger partial charge >= 0.3 is 5.97 Å². The maximum atomic E-state index is 13.5. The van der Waals surface area contributed by atoms with Crippen LogP contribution in [0.4, 0.5) is 0 Å². The number of benzene rings is 2. The molecule has 10 heteroatoms. The standard InChI is InChI=1S/C33H39N3O7/c1-20-8-7-11-25(37)10-6-4-5-9-23-16-28(38)31(32(40)30(23)33(41)43-20)27(22-12-14-26(42-3)15-13-22)17-29(39)34-18-24-19-35-36-21(24)2/h5,9,12-16,19-20,27,38,40H,4,6-8,10-11,17-18H2,1-3H3,(H,34,39)(H,35,36). The minimum Gasteiger partial charge on any atom is -0.507 e. The lowest BCUT2D eigenvalue weighted by Crippen LogP contribution is -2.25. The maximum Gasteiger partial charge on any atom is 0.342 e. The van der Waals surface area contributed by atoms with Gasteiger partial charge in [0.25, 0.3) is 0 Å². The number of allylic oxidation sites excluding steroid dienone is 1. The van der Waals surface area contributed by atoms with Crippen molar-refractivity contribution in [3.63, 3.8) is 0 Å². The minimum atomic E-state index is -0.810. The van der Waals surface area contributed by atoms with Crippen molar-refractivity contribution < 1.29 is 34.1 Å². The third kappa shape index (κ3) is 8.03. The number of carbonyl (C=O) groups excluding carboxylic acids is 3. The number of ether oxygens (including phenoxy) is 2. The van der Waals surface area contributed by atoms with Gasteiger partial charge in [0, 0.05) is 48.5 Å². The van der Waals surface area contributed by atoms with E-state index in [4.69, 9.17) is 9.47 Å². The molecule has 0 saturated carbocycles. The predicted octanol–water partition coefficient (Wildman–Crippen LogP) is 5.46. The average Bonchev–Trinajstić information content (AvgIpc) is 3.39. The molecule has 2 heterocycles. The SMILES string of the molecule is COc1ccc(C(CC(=O)NCc2cn[nH]c2C)c2c(O)cc3c(c2O)C(=O)OC(C)CCCC(=O)CCCC=C3)cc1. The number of fused-ring (bicyclic) bond motifs is 1. The van der Waals surface area contributed by atoms with Crippen LogP contribution in [0.2, 0.25) is 0 Å². The Bertz CT molecular complexity index is 1480. The largest absolute Gasteiger partial charge is 0.507 e. The van der Waals surface area contributed by atoms with E-state index in [1.165, 1.54) is 6.07 Å². The number of rotatable bonds is 7. The molecule has 2 aromatic carbocycles. The molecule has 3 aromatic rings. The van der Waals surface area contributed by atoms with Gasteiger partial charge in [-0.1, -0.05) is 24.3 Å². The summed E-state index contributed by atoms with van der Waals surface area (Å²) in [6.07, 6.45) is 7.70. The number of H-pyrrole nitrogens is 1. The van der Waals surface area contributed by atoms with Crippen molar-refractivity contribution >= 4 is 23.7 Å². The number of aromatic nitrogens is 2. The van der Waals surface area contributed by atoms with Gasteiger partial charge in [0.05, 0.1) is 19.4 Å². The molecule has 0 radical (unpaired) electrons. The first-order valence-corrected chi connectivity index (χ1v) is 14.6. The number of cyclic esters (lactones) is 1. The van der Waals surface area contributed by atoms with E-state index in [1.807, 2.05) is 6.92 Å². The quantitative estimate of drug-likeness (QED) is 0.265. The summed E-state index contributed by atoms with van der Waals surface area (Å²) in [5.74, 6) is -1.82. The van der Waals surface area contributed by atoms with Crippen LogP contribution in [0.1, 0.15) is 96.1 Å². The highest BCUT2D eigenvalue weighted by Gasteiger charge is 2.31. The Labute approximate surface area is 251 Å². The fourth-order valence-electron chi connectivity index (χ4n) is 5.25. The number of aromatic amines is 1. The smallest absolute Gasteiger partial charge is 0.342 e. The van der Waals surface area contributed by atoms with Crippen LogP contribution in [0.25, 0.3) is 6.08 Å². The summed E-state index contributed by atoms with van der Waals surface area (Å²) in [5, 5.41) is 32.7. The van der Waals surface area contributed by atoms with Crippen molar-refractivity contribution in [2.45, 2.75) is 77.4 Å². The molecule has 43 heavy (non-hydrogen) atoms. The number of aromatic hydroxyl groups is 2. The van der Waals surface area contributed by atoms with E-state index < -0.39 is 23.7 Å².